The largest absolute Gasteiger partial charge is 0.368 e. The Kier molecular flexibility index (Phi) is 5.98. The molecule has 1 aromatic carbocycles. The molecule has 7 heteroatoms. The van der Waals surface area contributed by atoms with Crippen LogP contribution in [0.2, 0.25) is 0 Å². The molecular weight excluding hydrogens is 340 g/mol. The number of hydrogen-bond acceptors (Lipinski definition) is 7. The van der Waals surface area contributed by atoms with Crippen LogP contribution in [0.25, 0.3) is 0 Å². The Labute approximate surface area is 154 Å². The van der Waals surface area contributed by atoms with E-state index in [0.717, 1.165) is 5.56 Å². The minimum atomic E-state index is -1.12. The van der Waals surface area contributed by atoms with Crippen LogP contribution in [0, 0.1) is 0 Å². The minimum absolute atomic E-state index is 0.331. The predicted octanol–water partition coefficient (Wildman–Crippen LogP) is 2.08. The Bertz CT molecular complexity index is 583. The molecule has 26 heavy (non-hydrogen) atoms. The van der Waals surface area contributed by atoms with Crippen LogP contribution in [0.15, 0.2) is 30.3 Å². The number of ether oxygens (including phenoxy) is 7. The lowest BCUT2D eigenvalue weighted by atomic mass is 9.98. The van der Waals surface area contributed by atoms with Gasteiger partial charge in [0.25, 0.3) is 0 Å². The molecule has 0 N–H and O–H groups in total. The first-order chi connectivity index (χ1) is 12.5. The third-order valence-corrected chi connectivity index (χ3v) is 5.25. The summed E-state index contributed by atoms with van der Waals surface area (Å²) in [6.07, 6.45) is -1.84. The summed E-state index contributed by atoms with van der Waals surface area (Å²) in [5.41, 5.74) is 1.07. The number of methoxy groups -OCH3 is 3. The molecule has 0 amide bonds. The van der Waals surface area contributed by atoms with Crippen molar-refractivity contribution in [2.24, 2.45) is 0 Å². The van der Waals surface area contributed by atoms with Crippen molar-refractivity contribution in [3.8, 4) is 0 Å². The normalized spacial score (nSPS) is 40.2. The number of benzene rings is 1. The van der Waals surface area contributed by atoms with Crippen LogP contribution < -0.4 is 0 Å². The molecule has 2 saturated heterocycles. The van der Waals surface area contributed by atoms with Crippen molar-refractivity contribution in [1.82, 2.24) is 0 Å². The molecule has 0 bridgehead atoms. The molecule has 0 saturated carbocycles. The van der Waals surface area contributed by atoms with Gasteiger partial charge >= 0.3 is 0 Å². The second kappa shape index (κ2) is 7.90. The van der Waals surface area contributed by atoms with Crippen molar-refractivity contribution < 1.29 is 33.2 Å². The van der Waals surface area contributed by atoms with E-state index in [-0.39, 0.29) is 6.10 Å². The van der Waals surface area contributed by atoms with E-state index in [4.69, 9.17) is 33.2 Å². The molecule has 2 aliphatic heterocycles. The van der Waals surface area contributed by atoms with Crippen LogP contribution in [0.4, 0.5) is 0 Å². The van der Waals surface area contributed by atoms with Gasteiger partial charge in [-0.25, -0.2) is 0 Å². The molecule has 2 fully saturated rings. The van der Waals surface area contributed by atoms with Crippen molar-refractivity contribution in [3.05, 3.63) is 35.9 Å². The first-order valence-electron chi connectivity index (χ1n) is 8.72. The Balaban J connectivity index is 1.79. The summed E-state index contributed by atoms with van der Waals surface area (Å²) in [6, 6.07) is 9.95. The van der Waals surface area contributed by atoms with Gasteiger partial charge in [-0.15, -0.1) is 0 Å². The van der Waals surface area contributed by atoms with Crippen LogP contribution in [-0.2, 0) is 39.8 Å². The zero-order valence-corrected chi connectivity index (χ0v) is 16.0. The molecular formula is C19H28O7. The second-order valence-electron chi connectivity index (χ2n) is 6.74. The van der Waals surface area contributed by atoms with Crippen LogP contribution in [0.1, 0.15) is 19.4 Å². The molecule has 0 aromatic heterocycles. The third kappa shape index (κ3) is 3.53. The maximum atomic E-state index is 6.31. The summed E-state index contributed by atoms with van der Waals surface area (Å²) < 4.78 is 41.0. The van der Waals surface area contributed by atoms with Gasteiger partial charge in [0, 0.05) is 21.3 Å². The predicted molar refractivity (Wildman–Crippen MR) is 92.3 cm³/mol. The van der Waals surface area contributed by atoms with Gasteiger partial charge < -0.3 is 33.2 Å². The fourth-order valence-corrected chi connectivity index (χ4v) is 3.33. The van der Waals surface area contributed by atoms with E-state index < -0.39 is 30.1 Å². The monoisotopic (exact) mass is 368 g/mol. The summed E-state index contributed by atoms with van der Waals surface area (Å²) in [5, 5.41) is 0. The van der Waals surface area contributed by atoms with Crippen LogP contribution >= 0.6 is 0 Å². The maximum absolute atomic E-state index is 6.31. The van der Waals surface area contributed by atoms with E-state index in [1.165, 1.54) is 0 Å². The van der Waals surface area contributed by atoms with Gasteiger partial charge in [-0.05, 0) is 19.4 Å². The summed E-state index contributed by atoms with van der Waals surface area (Å²) in [7, 11) is 4.69. The van der Waals surface area contributed by atoms with E-state index in [0.29, 0.717) is 13.2 Å². The fraction of sp³-hybridized carbons (Fsp3) is 0.684. The van der Waals surface area contributed by atoms with Crippen LogP contribution in [0.3, 0.4) is 0 Å². The highest BCUT2D eigenvalue weighted by Gasteiger charge is 2.61. The lowest BCUT2D eigenvalue weighted by Gasteiger charge is -2.55. The van der Waals surface area contributed by atoms with Crippen molar-refractivity contribution in [2.45, 2.75) is 56.6 Å². The van der Waals surface area contributed by atoms with Gasteiger partial charge in [-0.1, -0.05) is 30.3 Å². The van der Waals surface area contributed by atoms with Gasteiger partial charge in [-0.2, -0.15) is 0 Å². The second-order valence-corrected chi connectivity index (χ2v) is 6.74. The highest BCUT2D eigenvalue weighted by molar-refractivity contribution is 5.13. The number of fused-ring (bicyclic) bond motifs is 1. The zero-order chi connectivity index (χ0) is 18.8. The quantitative estimate of drug-likeness (QED) is 0.762. The fourth-order valence-electron chi connectivity index (χ4n) is 3.33. The first kappa shape index (κ1) is 19.7. The SMILES string of the molecule is CO[C@H]1OC[C@@H](OCc2ccccc2)[C@@H]2O[C@@](C)(OC)[C@](C)(OC)O[C@@H]12. The van der Waals surface area contributed by atoms with E-state index in [2.05, 4.69) is 0 Å². The molecule has 0 aliphatic carbocycles. The molecule has 1 aromatic rings. The van der Waals surface area contributed by atoms with Crippen LogP contribution in [0.5, 0.6) is 0 Å². The first-order valence-corrected chi connectivity index (χ1v) is 8.72. The third-order valence-electron chi connectivity index (χ3n) is 5.25. The molecule has 146 valence electrons. The summed E-state index contributed by atoms with van der Waals surface area (Å²) in [5.74, 6) is -2.22. The lowest BCUT2D eigenvalue weighted by Crippen LogP contribution is -2.71. The Morgan fingerprint density at radius 3 is 2.15 bits per heavy atom. The topological polar surface area (TPSA) is 64.6 Å². The smallest absolute Gasteiger partial charge is 0.220 e. The molecule has 2 heterocycles. The minimum Gasteiger partial charge on any atom is -0.368 e. The highest BCUT2D eigenvalue weighted by Crippen LogP contribution is 2.43. The Morgan fingerprint density at radius 1 is 0.962 bits per heavy atom. The maximum Gasteiger partial charge on any atom is 0.220 e. The van der Waals surface area contributed by atoms with Crippen molar-refractivity contribution in [2.75, 3.05) is 27.9 Å². The van der Waals surface area contributed by atoms with E-state index in [9.17, 15) is 0 Å². The van der Waals surface area contributed by atoms with Gasteiger partial charge in [0.1, 0.15) is 18.3 Å². The average molecular weight is 368 g/mol. The summed E-state index contributed by atoms with van der Waals surface area (Å²) in [6.45, 7) is 4.34. The Hall–Kier alpha value is -1.06. The van der Waals surface area contributed by atoms with Crippen molar-refractivity contribution in [1.29, 1.82) is 0 Å². The van der Waals surface area contributed by atoms with Crippen molar-refractivity contribution in [3.63, 3.8) is 0 Å². The number of hydrogen-bond donors (Lipinski definition) is 0. The molecule has 0 spiro atoms. The van der Waals surface area contributed by atoms with Crippen molar-refractivity contribution >= 4 is 0 Å². The lowest BCUT2D eigenvalue weighted by molar-refractivity contribution is -0.479. The summed E-state index contributed by atoms with van der Waals surface area (Å²) >= 11 is 0. The molecule has 2 aliphatic rings. The molecule has 7 nitrogen and oxygen atoms in total. The molecule has 0 unspecified atom stereocenters. The van der Waals surface area contributed by atoms with Gasteiger partial charge in [-0.3, -0.25) is 0 Å². The van der Waals surface area contributed by atoms with Gasteiger partial charge in [0.15, 0.2) is 6.29 Å². The van der Waals surface area contributed by atoms with E-state index >= 15 is 0 Å². The molecule has 3 rings (SSSR count). The molecule has 0 radical (unpaired) electrons. The Morgan fingerprint density at radius 2 is 1.58 bits per heavy atom. The van der Waals surface area contributed by atoms with Crippen LogP contribution in [-0.4, -0.2) is 64.1 Å². The average Bonchev–Trinajstić information content (AvgIpc) is 2.68. The van der Waals surface area contributed by atoms with E-state index in [1.807, 2.05) is 30.3 Å². The van der Waals surface area contributed by atoms with E-state index in [1.54, 1.807) is 35.2 Å². The zero-order valence-electron chi connectivity index (χ0n) is 16.0. The molecule has 6 atom stereocenters. The standard InChI is InChI=1S/C19H28O7/c1-18(21-4)19(2,22-5)26-16-15(25-18)14(12-24-17(16)20-3)23-11-13-9-7-6-8-10-13/h6-10,14-17H,11-12H2,1-5H3/t14-,15+,16-,17+,18-,19-/m1/s1. The number of rotatable bonds is 6. The van der Waals surface area contributed by atoms with Gasteiger partial charge in [0.05, 0.1) is 13.2 Å². The summed E-state index contributed by atoms with van der Waals surface area (Å²) in [4.78, 5) is 0. The highest BCUT2D eigenvalue weighted by atomic mass is 16.8. The van der Waals surface area contributed by atoms with Gasteiger partial charge in [0.2, 0.25) is 11.6 Å².